The second kappa shape index (κ2) is 6.71. The average Bonchev–Trinajstić information content (AvgIpc) is 3.07. The van der Waals surface area contributed by atoms with Crippen molar-refractivity contribution in [1.82, 2.24) is 14.8 Å². The third-order valence-corrected chi connectivity index (χ3v) is 5.49. The van der Waals surface area contributed by atoms with Crippen LogP contribution < -0.4 is 0 Å². The van der Waals surface area contributed by atoms with Crippen LogP contribution in [-0.4, -0.2) is 46.9 Å². The van der Waals surface area contributed by atoms with Crippen LogP contribution in [0.2, 0.25) is 0 Å². The highest BCUT2D eigenvalue weighted by Gasteiger charge is 2.23. The highest BCUT2D eigenvalue weighted by atomic mass is 32.1. The summed E-state index contributed by atoms with van der Waals surface area (Å²) in [7, 11) is 0. The molecule has 1 saturated heterocycles. The fourth-order valence-electron chi connectivity index (χ4n) is 3.17. The number of hydrogen-bond donors (Lipinski definition) is 0. The van der Waals surface area contributed by atoms with Gasteiger partial charge in [-0.1, -0.05) is 18.2 Å². The number of benzene rings is 1. The van der Waals surface area contributed by atoms with Crippen LogP contribution in [0.4, 0.5) is 0 Å². The van der Waals surface area contributed by atoms with Gasteiger partial charge >= 0.3 is 0 Å². The lowest BCUT2D eigenvalue weighted by Gasteiger charge is -2.34. The van der Waals surface area contributed by atoms with Gasteiger partial charge in [-0.15, -0.1) is 11.3 Å². The number of rotatable bonds is 3. The van der Waals surface area contributed by atoms with Crippen molar-refractivity contribution in [2.45, 2.75) is 6.54 Å². The van der Waals surface area contributed by atoms with E-state index < -0.39 is 0 Å². The summed E-state index contributed by atoms with van der Waals surface area (Å²) < 4.78 is 1.18. The maximum Gasteiger partial charge on any atom is 0.255 e. The first-order chi connectivity index (χ1) is 11.8. The molecule has 1 aliphatic heterocycles. The molecule has 0 saturated carbocycles. The second-order valence-electron chi connectivity index (χ2n) is 6.07. The van der Waals surface area contributed by atoms with E-state index in [0.29, 0.717) is 0 Å². The SMILES string of the molecule is O=C(c1csc2ccccc12)N1CCN(Cc2ccncc2)CC1. The Labute approximate surface area is 145 Å². The van der Waals surface area contributed by atoms with Crippen molar-refractivity contribution in [2.24, 2.45) is 0 Å². The Morgan fingerprint density at radius 1 is 1.04 bits per heavy atom. The zero-order chi connectivity index (χ0) is 16.4. The Kier molecular flexibility index (Phi) is 4.28. The van der Waals surface area contributed by atoms with E-state index in [9.17, 15) is 4.79 Å². The standard InChI is InChI=1S/C19H19N3OS/c23-19(17-14-24-18-4-2-1-3-16(17)18)22-11-9-21(10-12-22)13-15-5-7-20-8-6-15/h1-8,14H,9-13H2. The van der Waals surface area contributed by atoms with Gasteiger partial charge < -0.3 is 4.90 Å². The Morgan fingerprint density at radius 2 is 1.79 bits per heavy atom. The van der Waals surface area contributed by atoms with Crippen molar-refractivity contribution in [3.63, 3.8) is 0 Å². The molecule has 1 aliphatic rings. The van der Waals surface area contributed by atoms with Crippen LogP contribution in [0.1, 0.15) is 15.9 Å². The number of fused-ring (bicyclic) bond motifs is 1. The normalized spacial score (nSPS) is 15.8. The number of thiophene rings is 1. The predicted molar refractivity (Wildman–Crippen MR) is 97.2 cm³/mol. The van der Waals surface area contributed by atoms with Gasteiger partial charge in [-0.05, 0) is 23.8 Å². The molecule has 5 heteroatoms. The van der Waals surface area contributed by atoms with E-state index >= 15 is 0 Å². The van der Waals surface area contributed by atoms with Gasteiger partial charge in [0.2, 0.25) is 0 Å². The average molecular weight is 337 g/mol. The zero-order valence-electron chi connectivity index (χ0n) is 13.4. The van der Waals surface area contributed by atoms with Gasteiger partial charge in [0.15, 0.2) is 0 Å². The number of nitrogens with zero attached hydrogens (tertiary/aromatic N) is 3. The first kappa shape index (κ1) is 15.3. The summed E-state index contributed by atoms with van der Waals surface area (Å²) in [5.74, 6) is 0.163. The second-order valence-corrected chi connectivity index (χ2v) is 6.98. The highest BCUT2D eigenvalue weighted by Crippen LogP contribution is 2.27. The lowest BCUT2D eigenvalue weighted by Crippen LogP contribution is -2.48. The van der Waals surface area contributed by atoms with Gasteiger partial charge in [0.25, 0.3) is 5.91 Å². The van der Waals surface area contributed by atoms with Gasteiger partial charge in [-0.25, -0.2) is 0 Å². The molecule has 0 bridgehead atoms. The zero-order valence-corrected chi connectivity index (χ0v) is 14.2. The summed E-state index contributed by atoms with van der Waals surface area (Å²) in [4.78, 5) is 21.3. The van der Waals surface area contributed by atoms with Crippen molar-refractivity contribution in [3.8, 4) is 0 Å². The van der Waals surface area contributed by atoms with Gasteiger partial charge in [-0.3, -0.25) is 14.7 Å². The molecule has 24 heavy (non-hydrogen) atoms. The molecule has 1 aromatic carbocycles. The minimum Gasteiger partial charge on any atom is -0.336 e. The molecule has 0 N–H and O–H groups in total. The molecule has 2 aromatic heterocycles. The number of carbonyl (C=O) groups is 1. The molecule has 4 nitrogen and oxygen atoms in total. The number of hydrogen-bond acceptors (Lipinski definition) is 4. The van der Waals surface area contributed by atoms with E-state index in [0.717, 1.165) is 43.7 Å². The van der Waals surface area contributed by atoms with Crippen LogP contribution in [0.25, 0.3) is 10.1 Å². The Hall–Kier alpha value is -2.24. The number of piperazine rings is 1. The van der Waals surface area contributed by atoms with Gasteiger partial charge in [0.05, 0.1) is 5.56 Å². The lowest BCUT2D eigenvalue weighted by atomic mass is 10.1. The molecule has 0 unspecified atom stereocenters. The van der Waals surface area contributed by atoms with Crippen LogP contribution in [0, 0.1) is 0 Å². The molecule has 122 valence electrons. The largest absolute Gasteiger partial charge is 0.336 e. The number of amides is 1. The Bertz CT molecular complexity index is 838. The van der Waals surface area contributed by atoms with Gasteiger partial charge in [0.1, 0.15) is 0 Å². The van der Waals surface area contributed by atoms with E-state index in [4.69, 9.17) is 0 Å². The summed E-state index contributed by atoms with van der Waals surface area (Å²) >= 11 is 1.64. The fraction of sp³-hybridized carbons (Fsp3) is 0.263. The van der Waals surface area contributed by atoms with Crippen LogP contribution in [0.5, 0.6) is 0 Å². The maximum absolute atomic E-state index is 12.8. The van der Waals surface area contributed by atoms with Crippen molar-refractivity contribution < 1.29 is 4.79 Å². The molecule has 3 heterocycles. The van der Waals surface area contributed by atoms with E-state index in [-0.39, 0.29) is 5.91 Å². The van der Waals surface area contributed by atoms with E-state index in [1.165, 1.54) is 10.3 Å². The molecule has 0 radical (unpaired) electrons. The molecule has 1 fully saturated rings. The summed E-state index contributed by atoms with van der Waals surface area (Å²) in [6, 6.07) is 12.2. The molecule has 0 atom stereocenters. The summed E-state index contributed by atoms with van der Waals surface area (Å²) in [6.45, 7) is 4.32. The number of aromatic nitrogens is 1. The molecule has 3 aromatic rings. The minimum absolute atomic E-state index is 0.163. The third kappa shape index (κ3) is 3.05. The monoisotopic (exact) mass is 337 g/mol. The van der Waals surface area contributed by atoms with Crippen LogP contribution in [0.3, 0.4) is 0 Å². The molecule has 1 amide bonds. The number of pyridine rings is 1. The van der Waals surface area contributed by atoms with Crippen molar-refractivity contribution in [3.05, 3.63) is 65.3 Å². The summed E-state index contributed by atoms with van der Waals surface area (Å²) in [5.41, 5.74) is 2.12. The van der Waals surface area contributed by atoms with Crippen LogP contribution in [-0.2, 0) is 6.54 Å². The Balaban J connectivity index is 1.41. The summed E-state index contributed by atoms with van der Waals surface area (Å²) in [6.07, 6.45) is 3.66. The quantitative estimate of drug-likeness (QED) is 0.736. The van der Waals surface area contributed by atoms with E-state index in [2.05, 4.69) is 28.1 Å². The fourth-order valence-corrected chi connectivity index (χ4v) is 4.10. The van der Waals surface area contributed by atoms with Crippen molar-refractivity contribution in [2.75, 3.05) is 26.2 Å². The first-order valence-corrected chi connectivity index (χ1v) is 9.06. The topological polar surface area (TPSA) is 36.4 Å². The highest BCUT2D eigenvalue weighted by molar-refractivity contribution is 7.17. The van der Waals surface area contributed by atoms with Crippen molar-refractivity contribution in [1.29, 1.82) is 0 Å². The molecule has 0 aliphatic carbocycles. The molecular weight excluding hydrogens is 318 g/mol. The number of carbonyl (C=O) groups excluding carboxylic acids is 1. The molecule has 0 spiro atoms. The Morgan fingerprint density at radius 3 is 2.58 bits per heavy atom. The minimum atomic E-state index is 0.163. The molecular formula is C19H19N3OS. The van der Waals surface area contributed by atoms with Gasteiger partial charge in [-0.2, -0.15) is 0 Å². The lowest BCUT2D eigenvalue weighted by molar-refractivity contribution is 0.0631. The van der Waals surface area contributed by atoms with E-state index in [1.807, 2.05) is 40.9 Å². The summed E-state index contributed by atoms with van der Waals surface area (Å²) in [5, 5.41) is 3.07. The van der Waals surface area contributed by atoms with Crippen molar-refractivity contribution >= 4 is 27.3 Å². The maximum atomic E-state index is 12.8. The van der Waals surface area contributed by atoms with Gasteiger partial charge in [0, 0.05) is 60.6 Å². The predicted octanol–water partition coefficient (Wildman–Crippen LogP) is 3.25. The van der Waals surface area contributed by atoms with E-state index in [1.54, 1.807) is 11.3 Å². The smallest absolute Gasteiger partial charge is 0.255 e. The van der Waals surface area contributed by atoms with Crippen LogP contribution in [0.15, 0.2) is 54.2 Å². The first-order valence-electron chi connectivity index (χ1n) is 8.18. The van der Waals surface area contributed by atoms with Crippen LogP contribution >= 0.6 is 11.3 Å². The molecule has 4 rings (SSSR count). The third-order valence-electron chi connectivity index (χ3n) is 4.53.